The molecule has 0 atom stereocenters. The number of carboxylic acids is 1. The summed E-state index contributed by atoms with van der Waals surface area (Å²) in [7, 11) is 0. The van der Waals surface area contributed by atoms with E-state index in [1.807, 2.05) is 0 Å². The van der Waals surface area contributed by atoms with Crippen molar-refractivity contribution in [3.05, 3.63) is 23.8 Å². The van der Waals surface area contributed by atoms with Crippen LogP contribution in [0.15, 0.2) is 28.4 Å². The van der Waals surface area contributed by atoms with Gasteiger partial charge < -0.3 is 10.2 Å². The van der Waals surface area contributed by atoms with Gasteiger partial charge in [0.25, 0.3) is 0 Å². The molecule has 0 fully saturated rings. The normalized spacial score (nSPS) is 10.1. The van der Waals surface area contributed by atoms with Crippen molar-refractivity contribution in [2.75, 3.05) is 0 Å². The van der Waals surface area contributed by atoms with Crippen molar-refractivity contribution >= 4 is 11.7 Å². The molecule has 7 heteroatoms. The third-order valence-electron chi connectivity index (χ3n) is 1.74. The Labute approximate surface area is 95.9 Å². The van der Waals surface area contributed by atoms with Crippen LogP contribution in [0, 0.1) is 22.7 Å². The van der Waals surface area contributed by atoms with Gasteiger partial charge in [-0.25, -0.2) is 4.79 Å². The fourth-order valence-electron chi connectivity index (χ4n) is 0.968. The summed E-state index contributed by atoms with van der Waals surface area (Å²) < 4.78 is 0. The number of azo groups is 1. The lowest BCUT2D eigenvalue weighted by molar-refractivity contribution is 0.0694. The highest BCUT2D eigenvalue weighted by molar-refractivity contribution is 5.91. The number of nitriles is 2. The molecule has 0 aliphatic carbocycles. The number of hydrogen-bond donors (Lipinski definition) is 2. The maximum Gasteiger partial charge on any atom is 0.339 e. The molecule has 84 valence electrons. The van der Waals surface area contributed by atoms with Gasteiger partial charge in [-0.15, -0.1) is 0 Å². The summed E-state index contributed by atoms with van der Waals surface area (Å²) in [6.07, 6.45) is 0. The van der Waals surface area contributed by atoms with Gasteiger partial charge in [-0.3, -0.25) is 0 Å². The Balaban J connectivity index is 2.97. The molecule has 7 nitrogen and oxygen atoms in total. The zero-order chi connectivity index (χ0) is 12.8. The molecule has 0 aromatic heterocycles. The largest absolute Gasteiger partial charge is 0.507 e. The maximum atomic E-state index is 10.6. The van der Waals surface area contributed by atoms with Crippen molar-refractivity contribution < 1.29 is 15.0 Å². The lowest BCUT2D eigenvalue weighted by Gasteiger charge is -1.99. The van der Waals surface area contributed by atoms with Crippen LogP contribution in [0.3, 0.4) is 0 Å². The topological polar surface area (TPSA) is 130 Å². The molecule has 0 bridgehead atoms. The predicted molar refractivity (Wildman–Crippen MR) is 54.6 cm³/mol. The first-order valence-electron chi connectivity index (χ1n) is 4.35. The van der Waals surface area contributed by atoms with Crippen molar-refractivity contribution in [3.8, 4) is 17.9 Å². The fourth-order valence-corrected chi connectivity index (χ4v) is 0.968. The van der Waals surface area contributed by atoms with E-state index < -0.39 is 17.8 Å². The zero-order valence-electron chi connectivity index (χ0n) is 8.40. The van der Waals surface area contributed by atoms with Gasteiger partial charge in [-0.1, -0.05) is 0 Å². The summed E-state index contributed by atoms with van der Waals surface area (Å²) >= 11 is 0. The standard InChI is InChI=1S/C10H6N4O3/c11-4-7(5-12)14-13-6-1-2-8(10(16)17)9(15)3-6/h1-3,7,15H,(H,16,17). The van der Waals surface area contributed by atoms with Gasteiger partial charge in [-0.2, -0.15) is 20.8 Å². The third-order valence-corrected chi connectivity index (χ3v) is 1.74. The second kappa shape index (κ2) is 5.24. The summed E-state index contributed by atoms with van der Waals surface area (Å²) in [5.41, 5.74) is -0.107. The van der Waals surface area contributed by atoms with Gasteiger partial charge in [-0.05, 0) is 12.1 Å². The zero-order valence-corrected chi connectivity index (χ0v) is 8.40. The van der Waals surface area contributed by atoms with E-state index in [9.17, 15) is 9.90 Å². The Hall–Kier alpha value is -2.93. The number of benzene rings is 1. The maximum absolute atomic E-state index is 10.6. The highest BCUT2D eigenvalue weighted by atomic mass is 16.4. The van der Waals surface area contributed by atoms with Crippen LogP contribution in [0.4, 0.5) is 5.69 Å². The van der Waals surface area contributed by atoms with Gasteiger partial charge in [0, 0.05) is 6.07 Å². The predicted octanol–water partition coefficient (Wildman–Crippen LogP) is 1.59. The van der Waals surface area contributed by atoms with E-state index in [0.29, 0.717) is 0 Å². The number of carboxylic acid groups (broad SMARTS) is 1. The Kier molecular flexibility index (Phi) is 3.74. The molecule has 0 radical (unpaired) electrons. The van der Waals surface area contributed by atoms with E-state index in [-0.39, 0.29) is 11.3 Å². The minimum Gasteiger partial charge on any atom is -0.507 e. The number of aromatic hydroxyl groups is 1. The molecule has 0 aliphatic heterocycles. The highest BCUT2D eigenvalue weighted by Gasteiger charge is 2.09. The van der Waals surface area contributed by atoms with Crippen molar-refractivity contribution in [1.29, 1.82) is 10.5 Å². The molecule has 17 heavy (non-hydrogen) atoms. The second-order valence-electron chi connectivity index (χ2n) is 2.88. The Morgan fingerprint density at radius 1 is 1.35 bits per heavy atom. The summed E-state index contributed by atoms with van der Waals surface area (Å²) in [5, 5.41) is 41.8. The number of phenols is 1. The third kappa shape index (κ3) is 3.01. The van der Waals surface area contributed by atoms with Gasteiger partial charge in [0.15, 0.2) is 0 Å². The molecule has 0 saturated carbocycles. The van der Waals surface area contributed by atoms with Crippen LogP contribution in [0.1, 0.15) is 10.4 Å². The lowest BCUT2D eigenvalue weighted by atomic mass is 10.2. The van der Waals surface area contributed by atoms with Crippen molar-refractivity contribution in [2.45, 2.75) is 6.04 Å². The van der Waals surface area contributed by atoms with Gasteiger partial charge in [0.05, 0.1) is 5.69 Å². The van der Waals surface area contributed by atoms with Crippen LogP contribution in [-0.2, 0) is 0 Å². The second-order valence-corrected chi connectivity index (χ2v) is 2.88. The van der Waals surface area contributed by atoms with E-state index in [1.165, 1.54) is 6.07 Å². The molecule has 1 rings (SSSR count). The molecule has 0 heterocycles. The SMILES string of the molecule is N#CC(C#N)N=Nc1ccc(C(=O)O)c(O)c1. The first-order chi connectivity index (χ1) is 8.08. The molecule has 0 spiro atoms. The van der Waals surface area contributed by atoms with Crippen LogP contribution in [0.2, 0.25) is 0 Å². The Morgan fingerprint density at radius 3 is 2.47 bits per heavy atom. The molecule has 0 unspecified atom stereocenters. The molecular formula is C10H6N4O3. The minimum absolute atomic E-state index is 0.156. The van der Waals surface area contributed by atoms with Crippen molar-refractivity contribution in [3.63, 3.8) is 0 Å². The molecule has 2 N–H and O–H groups in total. The monoisotopic (exact) mass is 230 g/mol. The molecule has 1 aromatic rings. The molecular weight excluding hydrogens is 224 g/mol. The van der Waals surface area contributed by atoms with Crippen LogP contribution < -0.4 is 0 Å². The van der Waals surface area contributed by atoms with Gasteiger partial charge in [0.2, 0.25) is 6.04 Å². The van der Waals surface area contributed by atoms with E-state index in [4.69, 9.17) is 15.6 Å². The Bertz CT molecular complexity index is 540. The van der Waals surface area contributed by atoms with Crippen LogP contribution >= 0.6 is 0 Å². The summed E-state index contributed by atoms with van der Waals surface area (Å²) in [5.74, 6) is -1.72. The van der Waals surface area contributed by atoms with E-state index in [2.05, 4.69) is 10.2 Å². The number of nitrogens with zero attached hydrogens (tertiary/aromatic N) is 4. The number of carbonyl (C=O) groups is 1. The quantitative estimate of drug-likeness (QED) is 0.761. The minimum atomic E-state index is -1.27. The average Bonchev–Trinajstić information content (AvgIpc) is 2.30. The summed E-state index contributed by atoms with van der Waals surface area (Å²) in [6.45, 7) is 0. The van der Waals surface area contributed by atoms with Gasteiger partial charge >= 0.3 is 5.97 Å². The van der Waals surface area contributed by atoms with Gasteiger partial charge in [0.1, 0.15) is 23.5 Å². The molecule has 0 saturated heterocycles. The summed E-state index contributed by atoms with van der Waals surface area (Å²) in [4.78, 5) is 10.6. The molecule has 0 aliphatic rings. The first kappa shape index (κ1) is 12.1. The summed E-state index contributed by atoms with van der Waals surface area (Å²) in [6, 6.07) is 5.49. The van der Waals surface area contributed by atoms with Crippen LogP contribution in [0.5, 0.6) is 5.75 Å². The molecule has 0 amide bonds. The highest BCUT2D eigenvalue weighted by Crippen LogP contribution is 2.24. The lowest BCUT2D eigenvalue weighted by Crippen LogP contribution is -1.96. The van der Waals surface area contributed by atoms with Crippen molar-refractivity contribution in [2.24, 2.45) is 10.2 Å². The van der Waals surface area contributed by atoms with E-state index in [1.54, 1.807) is 12.1 Å². The molecule has 1 aromatic carbocycles. The van der Waals surface area contributed by atoms with E-state index in [0.717, 1.165) is 12.1 Å². The van der Waals surface area contributed by atoms with E-state index >= 15 is 0 Å². The average molecular weight is 230 g/mol. The number of hydrogen-bond acceptors (Lipinski definition) is 6. The number of aromatic carboxylic acids is 1. The first-order valence-corrected chi connectivity index (χ1v) is 4.35. The fraction of sp³-hybridized carbons (Fsp3) is 0.100. The Morgan fingerprint density at radius 2 is 2.00 bits per heavy atom. The number of rotatable bonds is 3. The van der Waals surface area contributed by atoms with Crippen molar-refractivity contribution in [1.82, 2.24) is 0 Å². The smallest absolute Gasteiger partial charge is 0.339 e. The van der Waals surface area contributed by atoms with Crippen LogP contribution in [0.25, 0.3) is 0 Å². The van der Waals surface area contributed by atoms with Crippen LogP contribution in [-0.4, -0.2) is 22.2 Å².